The molecule has 0 aromatic heterocycles. The second-order valence-electron chi connectivity index (χ2n) is 3.00. The highest BCUT2D eigenvalue weighted by Gasteiger charge is 2.01. The van der Waals surface area contributed by atoms with Crippen LogP contribution < -0.4 is 17.2 Å². The minimum Gasteiger partial charge on any atom is -0.388 e. The zero-order chi connectivity index (χ0) is 12.8. The lowest BCUT2D eigenvalue weighted by Crippen LogP contribution is -2.26. The third kappa shape index (κ3) is 4.80. The van der Waals surface area contributed by atoms with E-state index in [9.17, 15) is 0 Å². The molecule has 0 atom stereocenters. The molecule has 0 aliphatic rings. The lowest BCUT2D eigenvalue weighted by Gasteiger charge is -2.03. The maximum Gasteiger partial charge on any atom is 0.260 e. The summed E-state index contributed by atoms with van der Waals surface area (Å²) in [6.45, 7) is 0.136. The van der Waals surface area contributed by atoms with E-state index in [0.29, 0.717) is 10.0 Å². The lowest BCUT2D eigenvalue weighted by atomic mass is 10.2. The Morgan fingerprint density at radius 3 is 2.53 bits per heavy atom. The molecule has 1 aromatic rings. The molecule has 8 heteroatoms. The van der Waals surface area contributed by atoms with Gasteiger partial charge in [0.25, 0.3) is 5.96 Å². The van der Waals surface area contributed by atoms with Crippen molar-refractivity contribution in [2.45, 2.75) is 6.61 Å². The molecule has 0 spiro atoms. The molecular formula is C9H11Cl2N5O. The minimum atomic E-state index is -0.195. The Morgan fingerprint density at radius 1 is 1.24 bits per heavy atom. The first kappa shape index (κ1) is 13.4. The summed E-state index contributed by atoms with van der Waals surface area (Å²) in [6.07, 6.45) is 0. The van der Waals surface area contributed by atoms with E-state index in [1.54, 1.807) is 18.2 Å². The number of nitrogens with zero attached hydrogens (tertiary/aromatic N) is 2. The van der Waals surface area contributed by atoms with Crippen LogP contribution in [0.25, 0.3) is 0 Å². The predicted octanol–water partition coefficient (Wildman–Crippen LogP) is 1.01. The number of hydrogen-bond donors (Lipinski definition) is 3. The van der Waals surface area contributed by atoms with Gasteiger partial charge in [-0.25, -0.2) is 0 Å². The van der Waals surface area contributed by atoms with Crippen LogP contribution in [0.3, 0.4) is 0 Å². The maximum atomic E-state index is 5.92. The fourth-order valence-electron chi connectivity index (χ4n) is 0.959. The second-order valence-corrected chi connectivity index (χ2v) is 3.84. The van der Waals surface area contributed by atoms with Crippen LogP contribution in [0.4, 0.5) is 0 Å². The van der Waals surface area contributed by atoms with Crippen LogP contribution in [0, 0.1) is 0 Å². The summed E-state index contributed by atoms with van der Waals surface area (Å²) in [5.41, 5.74) is 16.2. The van der Waals surface area contributed by atoms with Crippen molar-refractivity contribution >= 4 is 35.1 Å². The Kier molecular flexibility index (Phi) is 4.86. The van der Waals surface area contributed by atoms with Crippen LogP contribution in [0.5, 0.6) is 0 Å². The van der Waals surface area contributed by atoms with Gasteiger partial charge in [0.2, 0.25) is 0 Å². The highest BCUT2D eigenvalue weighted by molar-refractivity contribution is 6.35. The van der Waals surface area contributed by atoms with Crippen molar-refractivity contribution in [2.24, 2.45) is 27.3 Å². The number of nitrogens with two attached hydrogens (primary N) is 3. The van der Waals surface area contributed by atoms with E-state index < -0.39 is 0 Å². The maximum absolute atomic E-state index is 5.92. The van der Waals surface area contributed by atoms with Gasteiger partial charge in [0.15, 0.2) is 5.96 Å². The first-order valence-corrected chi connectivity index (χ1v) is 5.23. The predicted molar refractivity (Wildman–Crippen MR) is 68.7 cm³/mol. The number of hydrogen-bond acceptors (Lipinski definition) is 2. The Hall–Kier alpha value is -1.66. The van der Waals surface area contributed by atoms with Gasteiger partial charge in [0, 0.05) is 15.6 Å². The molecule has 0 heterocycles. The van der Waals surface area contributed by atoms with Gasteiger partial charge in [0.1, 0.15) is 6.61 Å². The molecule has 1 aromatic carbocycles. The van der Waals surface area contributed by atoms with Crippen molar-refractivity contribution < 1.29 is 4.84 Å². The van der Waals surface area contributed by atoms with Gasteiger partial charge < -0.3 is 22.0 Å². The summed E-state index contributed by atoms with van der Waals surface area (Å²) in [6, 6.07) is 5.01. The smallest absolute Gasteiger partial charge is 0.260 e. The van der Waals surface area contributed by atoms with Crippen LogP contribution in [-0.2, 0) is 11.4 Å². The summed E-state index contributed by atoms with van der Waals surface area (Å²) in [4.78, 5) is 8.39. The average Bonchev–Trinajstić information content (AvgIpc) is 2.20. The van der Waals surface area contributed by atoms with Crippen molar-refractivity contribution in [3.05, 3.63) is 33.8 Å². The molecule has 92 valence electrons. The average molecular weight is 276 g/mol. The van der Waals surface area contributed by atoms with Gasteiger partial charge in [-0.2, -0.15) is 4.99 Å². The topological polar surface area (TPSA) is 112 Å². The zero-order valence-electron chi connectivity index (χ0n) is 8.73. The summed E-state index contributed by atoms with van der Waals surface area (Å²) in [5, 5.41) is 4.50. The van der Waals surface area contributed by atoms with Gasteiger partial charge in [-0.15, -0.1) is 0 Å². The Bertz CT molecular complexity index is 457. The molecule has 0 aliphatic carbocycles. The van der Waals surface area contributed by atoms with Gasteiger partial charge in [-0.3, -0.25) is 0 Å². The largest absolute Gasteiger partial charge is 0.388 e. The standard InChI is InChI=1S/C9H11Cl2N5O/c10-6-2-1-5(7(11)3-6)4-17-16-9(14)15-8(12)13/h1-3H,4H2,(H6,12,13,14,15,16). The minimum absolute atomic E-state index is 0.136. The molecular weight excluding hydrogens is 265 g/mol. The van der Waals surface area contributed by atoms with Crippen molar-refractivity contribution in [3.63, 3.8) is 0 Å². The van der Waals surface area contributed by atoms with Gasteiger partial charge in [0.05, 0.1) is 0 Å². The number of halogens is 2. The summed E-state index contributed by atoms with van der Waals surface area (Å²) in [5.74, 6) is -0.366. The van der Waals surface area contributed by atoms with Crippen molar-refractivity contribution in [2.75, 3.05) is 0 Å². The SMILES string of the molecule is NC(N)=N/C(N)=N/OCc1ccc(Cl)cc1Cl. The first-order valence-electron chi connectivity index (χ1n) is 4.48. The number of guanidine groups is 2. The highest BCUT2D eigenvalue weighted by atomic mass is 35.5. The lowest BCUT2D eigenvalue weighted by molar-refractivity contribution is 0.130. The van der Waals surface area contributed by atoms with Crippen LogP contribution in [0.1, 0.15) is 5.56 Å². The van der Waals surface area contributed by atoms with Crippen LogP contribution in [0.15, 0.2) is 28.3 Å². The summed E-state index contributed by atoms with van der Waals surface area (Å²) < 4.78 is 0. The number of rotatable bonds is 3. The molecule has 0 saturated heterocycles. The van der Waals surface area contributed by atoms with Crippen molar-refractivity contribution in [1.29, 1.82) is 0 Å². The third-order valence-corrected chi connectivity index (χ3v) is 2.22. The van der Waals surface area contributed by atoms with Crippen LogP contribution >= 0.6 is 23.2 Å². The Labute approximate surface area is 108 Å². The summed E-state index contributed by atoms with van der Waals surface area (Å²) >= 11 is 11.7. The van der Waals surface area contributed by atoms with E-state index in [0.717, 1.165) is 5.56 Å². The molecule has 0 unspecified atom stereocenters. The zero-order valence-corrected chi connectivity index (χ0v) is 10.2. The molecule has 6 nitrogen and oxygen atoms in total. The molecule has 0 radical (unpaired) electrons. The summed E-state index contributed by atoms with van der Waals surface area (Å²) in [7, 11) is 0. The Morgan fingerprint density at radius 2 is 1.94 bits per heavy atom. The third-order valence-electron chi connectivity index (χ3n) is 1.64. The van der Waals surface area contributed by atoms with E-state index in [-0.39, 0.29) is 18.5 Å². The van der Waals surface area contributed by atoms with Crippen LogP contribution in [-0.4, -0.2) is 11.9 Å². The fourth-order valence-corrected chi connectivity index (χ4v) is 1.42. The van der Waals surface area contributed by atoms with Gasteiger partial charge in [-0.05, 0) is 17.3 Å². The van der Waals surface area contributed by atoms with Crippen LogP contribution in [0.2, 0.25) is 10.0 Å². The van der Waals surface area contributed by atoms with Crippen molar-refractivity contribution in [3.8, 4) is 0 Å². The first-order chi connectivity index (χ1) is 7.99. The molecule has 17 heavy (non-hydrogen) atoms. The van der Waals surface area contributed by atoms with E-state index in [1.165, 1.54) is 0 Å². The quantitative estimate of drug-likeness (QED) is 0.434. The molecule has 0 aliphatic heterocycles. The molecule has 0 bridgehead atoms. The fraction of sp³-hybridized carbons (Fsp3) is 0.111. The van der Waals surface area contributed by atoms with Crippen molar-refractivity contribution in [1.82, 2.24) is 0 Å². The molecule has 0 amide bonds. The van der Waals surface area contributed by atoms with Gasteiger partial charge >= 0.3 is 0 Å². The van der Waals surface area contributed by atoms with E-state index in [2.05, 4.69) is 10.1 Å². The van der Waals surface area contributed by atoms with E-state index >= 15 is 0 Å². The highest BCUT2D eigenvalue weighted by Crippen LogP contribution is 2.21. The van der Waals surface area contributed by atoms with Gasteiger partial charge in [-0.1, -0.05) is 29.3 Å². The van der Waals surface area contributed by atoms with E-state index in [4.69, 9.17) is 45.2 Å². The normalized spacial score (nSPS) is 11.1. The molecule has 0 saturated carbocycles. The monoisotopic (exact) mass is 275 g/mol. The molecule has 0 fully saturated rings. The number of oxime groups is 1. The number of aliphatic imine (C=N–C) groups is 1. The Balaban J connectivity index is 2.59. The van der Waals surface area contributed by atoms with E-state index in [1.807, 2.05) is 0 Å². The molecule has 1 rings (SSSR count). The second kappa shape index (κ2) is 6.17. The molecule has 6 N–H and O–H groups in total. The number of benzene rings is 1.